The van der Waals surface area contributed by atoms with E-state index in [1.807, 2.05) is 0 Å². The molecule has 0 bridgehead atoms. The van der Waals surface area contributed by atoms with Crippen LogP contribution in [0.3, 0.4) is 0 Å². The second-order valence-corrected chi connectivity index (χ2v) is 2.87. The molecular weight excluding hydrogens is 196 g/mol. The minimum atomic E-state index is 0.499. The first kappa shape index (κ1) is 11.6. The summed E-state index contributed by atoms with van der Waals surface area (Å²) < 4.78 is 15.6. The van der Waals surface area contributed by atoms with Crippen molar-refractivity contribution in [2.75, 3.05) is 27.4 Å². The lowest BCUT2D eigenvalue weighted by Gasteiger charge is -2.10. The van der Waals surface area contributed by atoms with Crippen molar-refractivity contribution in [3.05, 3.63) is 12.3 Å². The third-order valence-corrected chi connectivity index (χ3v) is 1.84. The van der Waals surface area contributed by atoms with Crippen LogP contribution in [0.15, 0.2) is 12.3 Å². The van der Waals surface area contributed by atoms with E-state index in [0.717, 1.165) is 6.42 Å². The molecule has 1 aromatic heterocycles. The maximum Gasteiger partial charge on any atom is 0.216 e. The molecule has 0 fully saturated rings. The van der Waals surface area contributed by atoms with E-state index in [4.69, 9.17) is 19.9 Å². The Morgan fingerprint density at radius 1 is 1.27 bits per heavy atom. The van der Waals surface area contributed by atoms with Gasteiger partial charge in [-0.05, 0) is 13.0 Å². The van der Waals surface area contributed by atoms with Crippen LogP contribution < -0.4 is 19.9 Å². The Balaban J connectivity index is 2.72. The van der Waals surface area contributed by atoms with E-state index in [1.165, 1.54) is 0 Å². The summed E-state index contributed by atoms with van der Waals surface area (Å²) in [4.78, 5) is 4.00. The summed E-state index contributed by atoms with van der Waals surface area (Å²) in [5, 5.41) is 0. The van der Waals surface area contributed by atoms with Crippen LogP contribution in [0.2, 0.25) is 0 Å². The summed E-state index contributed by atoms with van der Waals surface area (Å²) >= 11 is 0. The fraction of sp³-hybridized carbons (Fsp3) is 0.500. The molecule has 84 valence electrons. The average molecular weight is 212 g/mol. The Hall–Kier alpha value is -1.49. The van der Waals surface area contributed by atoms with Crippen LogP contribution in [0.5, 0.6) is 17.4 Å². The highest BCUT2D eigenvalue weighted by molar-refractivity contribution is 5.40. The molecule has 0 amide bonds. The van der Waals surface area contributed by atoms with Crippen LogP contribution in [0.1, 0.15) is 6.42 Å². The SMILES string of the molecule is COc1cc(OCCCN)c(OC)cn1. The highest BCUT2D eigenvalue weighted by atomic mass is 16.5. The van der Waals surface area contributed by atoms with Gasteiger partial charge in [-0.15, -0.1) is 0 Å². The van der Waals surface area contributed by atoms with Gasteiger partial charge in [-0.25, -0.2) is 4.98 Å². The monoisotopic (exact) mass is 212 g/mol. The number of nitrogens with two attached hydrogens (primary N) is 1. The molecule has 1 rings (SSSR count). The molecule has 15 heavy (non-hydrogen) atoms. The first-order valence-corrected chi connectivity index (χ1v) is 4.72. The van der Waals surface area contributed by atoms with Gasteiger partial charge in [0.1, 0.15) is 0 Å². The van der Waals surface area contributed by atoms with Gasteiger partial charge in [0.05, 0.1) is 27.0 Å². The zero-order chi connectivity index (χ0) is 11.1. The molecule has 0 aliphatic rings. The standard InChI is InChI=1S/C10H16N2O3/c1-13-9-7-12-10(14-2)6-8(9)15-5-3-4-11/h6-7H,3-5,11H2,1-2H3. The lowest BCUT2D eigenvalue weighted by atomic mass is 10.4. The number of methoxy groups -OCH3 is 2. The van der Waals surface area contributed by atoms with Crippen molar-refractivity contribution < 1.29 is 14.2 Å². The molecule has 1 heterocycles. The Morgan fingerprint density at radius 2 is 2.07 bits per heavy atom. The van der Waals surface area contributed by atoms with E-state index in [1.54, 1.807) is 26.5 Å². The van der Waals surface area contributed by atoms with Gasteiger partial charge in [0.25, 0.3) is 0 Å². The van der Waals surface area contributed by atoms with Gasteiger partial charge >= 0.3 is 0 Å². The van der Waals surface area contributed by atoms with Crippen LogP contribution in [-0.4, -0.2) is 32.4 Å². The maximum absolute atomic E-state index is 5.49. The molecule has 1 aromatic rings. The summed E-state index contributed by atoms with van der Waals surface area (Å²) in [6, 6.07) is 1.69. The van der Waals surface area contributed by atoms with Crippen molar-refractivity contribution in [1.29, 1.82) is 0 Å². The summed E-state index contributed by atoms with van der Waals surface area (Å²) in [5.41, 5.74) is 5.37. The lowest BCUT2D eigenvalue weighted by molar-refractivity contribution is 0.286. The number of ether oxygens (including phenoxy) is 3. The van der Waals surface area contributed by atoms with Gasteiger partial charge in [-0.3, -0.25) is 0 Å². The Labute approximate surface area is 89.2 Å². The van der Waals surface area contributed by atoms with Crippen molar-refractivity contribution in [3.8, 4) is 17.4 Å². The average Bonchev–Trinajstić information content (AvgIpc) is 2.29. The number of nitrogens with zero attached hydrogens (tertiary/aromatic N) is 1. The molecule has 0 aliphatic heterocycles. The quantitative estimate of drug-likeness (QED) is 0.707. The predicted molar refractivity (Wildman–Crippen MR) is 56.5 cm³/mol. The highest BCUT2D eigenvalue weighted by Crippen LogP contribution is 2.28. The van der Waals surface area contributed by atoms with Crippen molar-refractivity contribution in [2.45, 2.75) is 6.42 Å². The molecule has 0 unspecified atom stereocenters. The van der Waals surface area contributed by atoms with Gasteiger partial charge in [0, 0.05) is 6.07 Å². The van der Waals surface area contributed by atoms with Gasteiger partial charge in [-0.2, -0.15) is 0 Å². The fourth-order valence-electron chi connectivity index (χ4n) is 1.05. The smallest absolute Gasteiger partial charge is 0.216 e. The highest BCUT2D eigenvalue weighted by Gasteiger charge is 2.06. The fourth-order valence-corrected chi connectivity index (χ4v) is 1.05. The largest absolute Gasteiger partial charge is 0.491 e. The van der Waals surface area contributed by atoms with Gasteiger partial charge in [0.2, 0.25) is 5.88 Å². The molecule has 0 atom stereocenters. The van der Waals surface area contributed by atoms with E-state index in [-0.39, 0.29) is 0 Å². The minimum Gasteiger partial charge on any atom is -0.491 e. The van der Waals surface area contributed by atoms with E-state index in [0.29, 0.717) is 30.5 Å². The summed E-state index contributed by atoms with van der Waals surface area (Å²) in [7, 11) is 3.12. The maximum atomic E-state index is 5.49. The normalized spacial score (nSPS) is 9.80. The second-order valence-electron chi connectivity index (χ2n) is 2.87. The Morgan fingerprint density at radius 3 is 2.67 bits per heavy atom. The van der Waals surface area contributed by atoms with E-state index in [9.17, 15) is 0 Å². The molecule has 5 heteroatoms. The second kappa shape index (κ2) is 6.08. The van der Waals surface area contributed by atoms with E-state index < -0.39 is 0 Å². The topological polar surface area (TPSA) is 66.6 Å². The van der Waals surface area contributed by atoms with Gasteiger partial charge in [0.15, 0.2) is 11.5 Å². The molecule has 0 radical (unpaired) electrons. The first-order valence-electron chi connectivity index (χ1n) is 4.72. The number of rotatable bonds is 6. The van der Waals surface area contributed by atoms with Crippen molar-refractivity contribution in [2.24, 2.45) is 5.73 Å². The third-order valence-electron chi connectivity index (χ3n) is 1.84. The molecular formula is C10H16N2O3. The molecule has 0 saturated heterocycles. The Kier molecular flexibility index (Phi) is 4.70. The zero-order valence-electron chi connectivity index (χ0n) is 9.03. The Bertz CT molecular complexity index is 305. The predicted octanol–water partition coefficient (Wildman–Crippen LogP) is 0.826. The summed E-state index contributed by atoms with van der Waals surface area (Å²) in [6.45, 7) is 1.16. The first-order chi connectivity index (χ1) is 7.31. The summed E-state index contributed by atoms with van der Waals surface area (Å²) in [5.74, 6) is 1.71. The van der Waals surface area contributed by atoms with Crippen molar-refractivity contribution in [3.63, 3.8) is 0 Å². The number of hydrogen-bond donors (Lipinski definition) is 1. The molecule has 2 N–H and O–H groups in total. The van der Waals surface area contributed by atoms with Crippen LogP contribution in [0, 0.1) is 0 Å². The third kappa shape index (κ3) is 3.28. The lowest BCUT2D eigenvalue weighted by Crippen LogP contribution is -2.07. The van der Waals surface area contributed by atoms with Crippen molar-refractivity contribution >= 4 is 0 Å². The van der Waals surface area contributed by atoms with Gasteiger partial charge < -0.3 is 19.9 Å². The van der Waals surface area contributed by atoms with Crippen LogP contribution in [0.25, 0.3) is 0 Å². The van der Waals surface area contributed by atoms with Crippen molar-refractivity contribution in [1.82, 2.24) is 4.98 Å². The van der Waals surface area contributed by atoms with Crippen LogP contribution >= 0.6 is 0 Å². The summed E-state index contributed by atoms with van der Waals surface area (Å²) in [6.07, 6.45) is 2.37. The van der Waals surface area contributed by atoms with Gasteiger partial charge in [-0.1, -0.05) is 0 Å². The van der Waals surface area contributed by atoms with Crippen LogP contribution in [-0.2, 0) is 0 Å². The zero-order valence-corrected chi connectivity index (χ0v) is 9.03. The minimum absolute atomic E-state index is 0.499. The molecule has 0 spiro atoms. The van der Waals surface area contributed by atoms with E-state index >= 15 is 0 Å². The number of pyridine rings is 1. The molecule has 0 aromatic carbocycles. The van der Waals surface area contributed by atoms with Crippen LogP contribution in [0.4, 0.5) is 0 Å². The number of hydrogen-bond acceptors (Lipinski definition) is 5. The molecule has 5 nitrogen and oxygen atoms in total. The molecule has 0 saturated carbocycles. The number of aromatic nitrogens is 1. The van der Waals surface area contributed by atoms with E-state index in [2.05, 4.69) is 4.98 Å². The molecule has 0 aliphatic carbocycles.